The van der Waals surface area contributed by atoms with Gasteiger partial charge in [0, 0.05) is 12.5 Å². The fourth-order valence-corrected chi connectivity index (χ4v) is 4.98. The van der Waals surface area contributed by atoms with Crippen molar-refractivity contribution >= 4 is 41.1 Å². The zero-order valence-electron chi connectivity index (χ0n) is 24.7. The average molecular weight is 585 g/mol. The summed E-state index contributed by atoms with van der Waals surface area (Å²) in [5, 5.41) is 5.97. The highest BCUT2D eigenvalue weighted by atomic mass is 35.5. The Balaban J connectivity index is 2.08. The van der Waals surface area contributed by atoms with Crippen LogP contribution in [0.1, 0.15) is 81.2 Å². The summed E-state index contributed by atoms with van der Waals surface area (Å²) in [5.74, 6) is -1.53. The van der Waals surface area contributed by atoms with Gasteiger partial charge in [0.1, 0.15) is 17.7 Å². The molecule has 1 fully saturated rings. The Kier molecular flexibility index (Phi) is 10.4. The summed E-state index contributed by atoms with van der Waals surface area (Å²) in [6.07, 6.45) is 1.31. The van der Waals surface area contributed by atoms with E-state index in [0.29, 0.717) is 29.1 Å². The highest BCUT2D eigenvalue weighted by Gasteiger charge is 2.42. The Bertz CT molecular complexity index is 1280. The van der Waals surface area contributed by atoms with E-state index < -0.39 is 41.5 Å². The maximum Gasteiger partial charge on any atom is 0.408 e. The third kappa shape index (κ3) is 8.45. The molecule has 222 valence electrons. The van der Waals surface area contributed by atoms with Crippen molar-refractivity contribution in [2.24, 2.45) is 5.73 Å². The van der Waals surface area contributed by atoms with Gasteiger partial charge >= 0.3 is 6.09 Å². The Morgan fingerprint density at radius 3 is 2.27 bits per heavy atom. The number of rotatable bonds is 10. The molecule has 4 N–H and O–H groups in total. The molecule has 1 saturated carbocycles. The molecule has 0 radical (unpaired) electrons. The van der Waals surface area contributed by atoms with Gasteiger partial charge in [0.2, 0.25) is 11.8 Å². The molecule has 10 heteroatoms. The van der Waals surface area contributed by atoms with E-state index in [4.69, 9.17) is 22.1 Å². The predicted octanol–water partition coefficient (Wildman–Crippen LogP) is 5.48. The number of halogens is 1. The van der Waals surface area contributed by atoms with Crippen LogP contribution in [0.15, 0.2) is 36.4 Å². The van der Waals surface area contributed by atoms with Crippen molar-refractivity contribution in [3.63, 3.8) is 0 Å². The lowest BCUT2D eigenvalue weighted by molar-refractivity contribution is -0.146. The van der Waals surface area contributed by atoms with E-state index in [-0.39, 0.29) is 18.9 Å². The molecule has 2 aromatic carbocycles. The highest BCUT2D eigenvalue weighted by molar-refractivity contribution is 6.34. The summed E-state index contributed by atoms with van der Waals surface area (Å²) in [5.41, 5.74) is 8.48. The predicted molar refractivity (Wildman–Crippen MR) is 160 cm³/mol. The number of carbonyl (C=O) groups excluding carboxylic acids is 4. The standard InChI is InChI=1S/C31H41ClN4O5/c1-18-13-14-21(17-20(18)3)27(28(38)35-26-19(2)9-7-12-23(26)32)36(22-10-8-11-22)29(39)24(15-16-25(33)37)34-30(40)41-31(4,5)6/h7,9,12-14,17,22,24,27H,8,10-11,15-16H2,1-6H3,(H2,33,37)(H,34,40)(H,35,38). The summed E-state index contributed by atoms with van der Waals surface area (Å²) in [6, 6.07) is 8.57. The third-order valence-electron chi connectivity index (χ3n) is 7.23. The zero-order valence-corrected chi connectivity index (χ0v) is 25.4. The van der Waals surface area contributed by atoms with Crippen LogP contribution in [-0.2, 0) is 19.1 Å². The van der Waals surface area contributed by atoms with E-state index in [9.17, 15) is 19.2 Å². The Labute approximate surface area is 247 Å². The number of nitrogens with one attached hydrogen (secondary N) is 2. The van der Waals surface area contributed by atoms with Crippen molar-refractivity contribution in [1.29, 1.82) is 0 Å². The lowest BCUT2D eigenvalue weighted by Gasteiger charge is -2.43. The molecular weight excluding hydrogens is 544 g/mol. The molecule has 2 unspecified atom stereocenters. The summed E-state index contributed by atoms with van der Waals surface area (Å²) in [4.78, 5) is 54.5. The molecule has 41 heavy (non-hydrogen) atoms. The Morgan fingerprint density at radius 1 is 1.05 bits per heavy atom. The minimum absolute atomic E-state index is 0.0402. The molecule has 2 aromatic rings. The van der Waals surface area contributed by atoms with Gasteiger partial charge in [-0.05, 0) is 95.5 Å². The minimum Gasteiger partial charge on any atom is -0.444 e. The fraction of sp³-hybridized carbons (Fsp3) is 0.484. The number of hydrogen-bond acceptors (Lipinski definition) is 5. The van der Waals surface area contributed by atoms with Crippen LogP contribution in [0.4, 0.5) is 10.5 Å². The molecule has 0 saturated heterocycles. The molecule has 0 aliphatic heterocycles. The third-order valence-corrected chi connectivity index (χ3v) is 7.55. The number of para-hydroxylation sites is 1. The number of carbonyl (C=O) groups is 4. The number of benzene rings is 2. The van der Waals surface area contributed by atoms with Gasteiger partial charge in [-0.1, -0.05) is 41.9 Å². The van der Waals surface area contributed by atoms with Crippen molar-refractivity contribution in [2.75, 3.05) is 5.32 Å². The highest BCUT2D eigenvalue weighted by Crippen LogP contribution is 2.36. The number of hydrogen-bond donors (Lipinski definition) is 3. The first kappa shape index (κ1) is 31.9. The van der Waals surface area contributed by atoms with Crippen LogP contribution in [0.2, 0.25) is 5.02 Å². The first-order valence-electron chi connectivity index (χ1n) is 13.9. The van der Waals surface area contributed by atoms with Crippen LogP contribution >= 0.6 is 11.6 Å². The summed E-state index contributed by atoms with van der Waals surface area (Å²) < 4.78 is 5.40. The van der Waals surface area contributed by atoms with Crippen LogP contribution in [0.5, 0.6) is 0 Å². The average Bonchev–Trinajstić information content (AvgIpc) is 2.83. The summed E-state index contributed by atoms with van der Waals surface area (Å²) >= 11 is 6.44. The number of ether oxygens (including phenoxy) is 1. The van der Waals surface area contributed by atoms with Crippen molar-refractivity contribution < 1.29 is 23.9 Å². The van der Waals surface area contributed by atoms with E-state index in [1.165, 1.54) is 0 Å². The second-order valence-electron chi connectivity index (χ2n) is 11.7. The lowest BCUT2D eigenvalue weighted by atomic mass is 9.87. The molecule has 0 heterocycles. The number of primary amides is 1. The van der Waals surface area contributed by atoms with Crippen LogP contribution in [0.3, 0.4) is 0 Å². The van der Waals surface area contributed by atoms with Gasteiger partial charge in [-0.3, -0.25) is 14.4 Å². The molecule has 0 spiro atoms. The molecular formula is C31H41ClN4O5. The van der Waals surface area contributed by atoms with Crippen LogP contribution in [0.25, 0.3) is 0 Å². The van der Waals surface area contributed by atoms with E-state index in [1.807, 2.05) is 45.0 Å². The molecule has 1 aliphatic rings. The smallest absolute Gasteiger partial charge is 0.408 e. The van der Waals surface area contributed by atoms with E-state index in [2.05, 4.69) is 10.6 Å². The topological polar surface area (TPSA) is 131 Å². The first-order valence-corrected chi connectivity index (χ1v) is 14.3. The number of aryl methyl sites for hydroxylation is 3. The maximum absolute atomic E-state index is 14.3. The van der Waals surface area contributed by atoms with E-state index in [1.54, 1.807) is 37.8 Å². The fourth-order valence-electron chi connectivity index (χ4n) is 4.71. The monoisotopic (exact) mass is 584 g/mol. The van der Waals surface area contributed by atoms with Crippen molar-refractivity contribution in [2.45, 2.75) is 97.4 Å². The van der Waals surface area contributed by atoms with Crippen molar-refractivity contribution in [3.05, 3.63) is 63.7 Å². The number of amides is 4. The van der Waals surface area contributed by atoms with Crippen LogP contribution < -0.4 is 16.4 Å². The van der Waals surface area contributed by atoms with Crippen LogP contribution in [0, 0.1) is 20.8 Å². The summed E-state index contributed by atoms with van der Waals surface area (Å²) in [6.45, 7) is 10.9. The molecule has 9 nitrogen and oxygen atoms in total. The molecule has 0 aromatic heterocycles. The number of anilines is 1. The maximum atomic E-state index is 14.3. The SMILES string of the molecule is Cc1ccc(C(C(=O)Nc2c(C)cccc2Cl)N(C(=O)C(CCC(N)=O)NC(=O)OC(C)(C)C)C2CCC2)cc1C. The molecule has 1 aliphatic carbocycles. The van der Waals surface area contributed by atoms with Gasteiger partial charge in [-0.15, -0.1) is 0 Å². The van der Waals surface area contributed by atoms with Gasteiger partial charge in [-0.2, -0.15) is 0 Å². The van der Waals surface area contributed by atoms with Gasteiger partial charge < -0.3 is 26.0 Å². The quantitative estimate of drug-likeness (QED) is 0.340. The Hall–Kier alpha value is -3.59. The Morgan fingerprint density at radius 2 is 1.73 bits per heavy atom. The van der Waals surface area contributed by atoms with Gasteiger partial charge in [0.05, 0.1) is 10.7 Å². The molecule has 0 bridgehead atoms. The van der Waals surface area contributed by atoms with Crippen LogP contribution in [-0.4, -0.2) is 46.4 Å². The van der Waals surface area contributed by atoms with E-state index >= 15 is 0 Å². The zero-order chi connectivity index (χ0) is 30.5. The van der Waals surface area contributed by atoms with E-state index in [0.717, 1.165) is 23.1 Å². The largest absolute Gasteiger partial charge is 0.444 e. The van der Waals surface area contributed by atoms with Gasteiger partial charge in [-0.25, -0.2) is 4.79 Å². The molecule has 3 rings (SSSR count). The van der Waals surface area contributed by atoms with Crippen molar-refractivity contribution in [3.8, 4) is 0 Å². The minimum atomic E-state index is -1.14. The lowest BCUT2D eigenvalue weighted by Crippen LogP contribution is -2.57. The molecule has 2 atom stereocenters. The first-order chi connectivity index (χ1) is 19.2. The molecule has 4 amide bonds. The normalized spacial score (nSPS) is 14.8. The number of nitrogens with zero attached hydrogens (tertiary/aromatic N) is 1. The second kappa shape index (κ2) is 13.4. The van der Waals surface area contributed by atoms with Crippen molar-refractivity contribution in [1.82, 2.24) is 10.2 Å². The number of alkyl carbamates (subject to hydrolysis) is 1. The summed E-state index contributed by atoms with van der Waals surface area (Å²) in [7, 11) is 0. The van der Waals surface area contributed by atoms with Gasteiger partial charge in [0.25, 0.3) is 5.91 Å². The second-order valence-corrected chi connectivity index (χ2v) is 12.1. The number of nitrogens with two attached hydrogens (primary N) is 1. The van der Waals surface area contributed by atoms with Gasteiger partial charge in [0.15, 0.2) is 0 Å².